The topological polar surface area (TPSA) is 93.4 Å². The van der Waals surface area contributed by atoms with Crippen LogP contribution in [0.4, 0.5) is 4.79 Å². The minimum absolute atomic E-state index is 0.130. The van der Waals surface area contributed by atoms with E-state index in [4.69, 9.17) is 10.5 Å². The maximum atomic E-state index is 11.7. The predicted octanol–water partition coefficient (Wildman–Crippen LogP) is 0.214. The summed E-state index contributed by atoms with van der Waals surface area (Å²) in [5.41, 5.74) is 5.82. The second-order valence-corrected chi connectivity index (χ2v) is 5.99. The van der Waals surface area contributed by atoms with Gasteiger partial charge in [0.05, 0.1) is 12.7 Å². The number of ether oxygens (including phenoxy) is 1. The molecule has 4 N–H and O–H groups in total. The Morgan fingerprint density at radius 2 is 2.16 bits per heavy atom. The average Bonchev–Trinajstić information content (AvgIpc) is 2.83. The summed E-state index contributed by atoms with van der Waals surface area (Å²) < 4.78 is 5.70. The minimum Gasteiger partial charge on any atom is -0.376 e. The maximum absolute atomic E-state index is 11.7. The first-order chi connectivity index (χ1) is 9.15. The van der Waals surface area contributed by atoms with E-state index in [0.717, 1.165) is 37.4 Å². The highest BCUT2D eigenvalue weighted by molar-refractivity contribution is 8.14. The molecule has 1 saturated heterocycles. The van der Waals surface area contributed by atoms with E-state index in [0.29, 0.717) is 24.9 Å². The van der Waals surface area contributed by atoms with Crippen LogP contribution in [0.15, 0.2) is 0 Å². The van der Waals surface area contributed by atoms with Gasteiger partial charge in [0.25, 0.3) is 5.24 Å². The lowest BCUT2D eigenvalue weighted by atomic mass is 9.94. The first-order valence-corrected chi connectivity index (χ1v) is 7.72. The summed E-state index contributed by atoms with van der Waals surface area (Å²) in [7, 11) is 0. The van der Waals surface area contributed by atoms with Crippen LogP contribution in [-0.4, -0.2) is 48.2 Å². The number of hydrogen-bond donors (Lipinski definition) is 3. The Labute approximate surface area is 117 Å². The van der Waals surface area contributed by atoms with Gasteiger partial charge in [0.15, 0.2) is 0 Å². The normalized spacial score (nSPS) is 31.0. The lowest BCUT2D eigenvalue weighted by molar-refractivity contribution is -0.122. The van der Waals surface area contributed by atoms with Crippen molar-refractivity contribution in [3.63, 3.8) is 0 Å². The third-order valence-corrected chi connectivity index (χ3v) is 4.34. The Balaban J connectivity index is 1.54. The van der Waals surface area contributed by atoms with E-state index < -0.39 is 6.04 Å². The summed E-state index contributed by atoms with van der Waals surface area (Å²) in [5, 5.41) is 5.25. The number of nitrogens with one attached hydrogen (secondary N) is 2. The second-order valence-electron chi connectivity index (χ2n) is 4.99. The van der Waals surface area contributed by atoms with Gasteiger partial charge < -0.3 is 21.1 Å². The molecule has 0 aromatic rings. The van der Waals surface area contributed by atoms with Crippen LogP contribution in [0.1, 0.15) is 25.7 Å². The monoisotopic (exact) mass is 287 g/mol. The zero-order valence-corrected chi connectivity index (χ0v) is 11.7. The van der Waals surface area contributed by atoms with Gasteiger partial charge in [-0.05, 0) is 25.7 Å². The molecule has 0 aromatic heterocycles. The van der Waals surface area contributed by atoms with Crippen molar-refractivity contribution >= 4 is 22.9 Å². The predicted molar refractivity (Wildman–Crippen MR) is 74.0 cm³/mol. The minimum atomic E-state index is -0.398. The molecule has 19 heavy (non-hydrogen) atoms. The fraction of sp³-hybridized carbons (Fsp3) is 0.833. The molecule has 108 valence electrons. The van der Waals surface area contributed by atoms with Gasteiger partial charge >= 0.3 is 0 Å². The summed E-state index contributed by atoms with van der Waals surface area (Å²) in [6.07, 6.45) is 4.32. The van der Waals surface area contributed by atoms with Crippen LogP contribution in [0.3, 0.4) is 0 Å². The fourth-order valence-corrected chi connectivity index (χ4v) is 3.08. The van der Waals surface area contributed by atoms with E-state index in [2.05, 4.69) is 10.6 Å². The van der Waals surface area contributed by atoms with Crippen molar-refractivity contribution in [3.05, 3.63) is 0 Å². The van der Waals surface area contributed by atoms with Crippen molar-refractivity contribution in [2.24, 2.45) is 5.73 Å². The standard InChI is InChI=1S/C12H21N3O3S/c13-8-1-3-9(4-2-8)18-6-5-14-11(16)10-7-19-12(17)15-10/h8-10H,1-7,13H2,(H,14,16)(H,15,17). The number of carbonyl (C=O) groups is 2. The van der Waals surface area contributed by atoms with E-state index in [1.165, 1.54) is 0 Å². The number of amides is 2. The van der Waals surface area contributed by atoms with Crippen LogP contribution in [0.2, 0.25) is 0 Å². The Hall–Kier alpha value is -0.790. The molecule has 1 unspecified atom stereocenters. The molecule has 0 radical (unpaired) electrons. The molecule has 2 rings (SSSR count). The Morgan fingerprint density at radius 1 is 1.42 bits per heavy atom. The molecule has 7 heteroatoms. The molecule has 2 amide bonds. The Kier molecular flexibility index (Phi) is 5.47. The van der Waals surface area contributed by atoms with E-state index in [1.54, 1.807) is 0 Å². The van der Waals surface area contributed by atoms with Crippen LogP contribution < -0.4 is 16.4 Å². The molecule has 0 bridgehead atoms. The molecule has 2 fully saturated rings. The van der Waals surface area contributed by atoms with Gasteiger partial charge in [0.2, 0.25) is 5.91 Å². The van der Waals surface area contributed by atoms with Gasteiger partial charge in [0, 0.05) is 18.3 Å². The van der Waals surface area contributed by atoms with Gasteiger partial charge in [0.1, 0.15) is 6.04 Å². The highest BCUT2D eigenvalue weighted by Gasteiger charge is 2.27. The Bertz CT molecular complexity index is 332. The highest BCUT2D eigenvalue weighted by Crippen LogP contribution is 2.19. The van der Waals surface area contributed by atoms with Crippen molar-refractivity contribution in [1.29, 1.82) is 0 Å². The first kappa shape index (κ1) is 14.6. The molecule has 1 atom stereocenters. The molecule has 0 spiro atoms. The number of thioether (sulfide) groups is 1. The molecule has 1 heterocycles. The van der Waals surface area contributed by atoms with Crippen molar-refractivity contribution in [2.45, 2.75) is 43.9 Å². The summed E-state index contributed by atoms with van der Waals surface area (Å²) in [6.45, 7) is 0.998. The molecular formula is C12H21N3O3S. The van der Waals surface area contributed by atoms with Crippen molar-refractivity contribution < 1.29 is 14.3 Å². The zero-order valence-electron chi connectivity index (χ0n) is 10.9. The van der Waals surface area contributed by atoms with Gasteiger partial charge in [-0.1, -0.05) is 11.8 Å². The number of rotatable bonds is 5. The van der Waals surface area contributed by atoms with Crippen LogP contribution in [0.25, 0.3) is 0 Å². The van der Waals surface area contributed by atoms with E-state index in [-0.39, 0.29) is 17.3 Å². The first-order valence-electron chi connectivity index (χ1n) is 6.73. The highest BCUT2D eigenvalue weighted by atomic mass is 32.2. The molecule has 1 aliphatic carbocycles. The average molecular weight is 287 g/mol. The summed E-state index contributed by atoms with van der Waals surface area (Å²) in [6, 6.07) is -0.0757. The molecular weight excluding hydrogens is 266 g/mol. The molecule has 6 nitrogen and oxygen atoms in total. The van der Waals surface area contributed by atoms with Gasteiger partial charge in [-0.3, -0.25) is 9.59 Å². The smallest absolute Gasteiger partial charge is 0.279 e. The van der Waals surface area contributed by atoms with Crippen LogP contribution in [0, 0.1) is 0 Å². The summed E-state index contributed by atoms with van der Waals surface area (Å²) in [4.78, 5) is 22.6. The molecule has 0 aromatic carbocycles. The van der Waals surface area contributed by atoms with Crippen molar-refractivity contribution in [2.75, 3.05) is 18.9 Å². The van der Waals surface area contributed by atoms with E-state index in [9.17, 15) is 9.59 Å². The van der Waals surface area contributed by atoms with Gasteiger partial charge in [-0.2, -0.15) is 0 Å². The lowest BCUT2D eigenvalue weighted by Crippen LogP contribution is -2.44. The third kappa shape index (κ3) is 4.67. The van der Waals surface area contributed by atoms with Crippen molar-refractivity contribution in [3.8, 4) is 0 Å². The lowest BCUT2D eigenvalue weighted by Gasteiger charge is -2.26. The second kappa shape index (κ2) is 7.12. The fourth-order valence-electron chi connectivity index (χ4n) is 2.30. The molecule has 1 aliphatic heterocycles. The third-order valence-electron chi connectivity index (χ3n) is 3.46. The SMILES string of the molecule is NC1CCC(OCCNC(=O)C2CSC(=O)N2)CC1. The van der Waals surface area contributed by atoms with Crippen molar-refractivity contribution in [1.82, 2.24) is 10.6 Å². The van der Waals surface area contributed by atoms with E-state index >= 15 is 0 Å². The van der Waals surface area contributed by atoms with E-state index in [1.807, 2.05) is 0 Å². The van der Waals surface area contributed by atoms with Crippen LogP contribution in [0.5, 0.6) is 0 Å². The zero-order chi connectivity index (χ0) is 13.7. The largest absolute Gasteiger partial charge is 0.376 e. The van der Waals surface area contributed by atoms with Crippen LogP contribution >= 0.6 is 11.8 Å². The maximum Gasteiger partial charge on any atom is 0.279 e. The van der Waals surface area contributed by atoms with Crippen LogP contribution in [-0.2, 0) is 9.53 Å². The van der Waals surface area contributed by atoms with Gasteiger partial charge in [-0.15, -0.1) is 0 Å². The number of carbonyl (C=O) groups excluding carboxylic acids is 2. The Morgan fingerprint density at radius 3 is 2.79 bits per heavy atom. The number of hydrogen-bond acceptors (Lipinski definition) is 5. The quantitative estimate of drug-likeness (QED) is 0.629. The summed E-state index contributed by atoms with van der Waals surface area (Å²) in [5.74, 6) is 0.374. The molecule has 2 aliphatic rings. The summed E-state index contributed by atoms with van der Waals surface area (Å²) >= 11 is 1.14. The number of nitrogens with two attached hydrogens (primary N) is 1. The van der Waals surface area contributed by atoms with Gasteiger partial charge in [-0.25, -0.2) is 0 Å². The molecule has 1 saturated carbocycles.